The zero-order chi connectivity index (χ0) is 12.4. The van der Waals surface area contributed by atoms with Crippen LogP contribution in [-0.2, 0) is 0 Å². The van der Waals surface area contributed by atoms with E-state index in [4.69, 9.17) is 0 Å². The minimum absolute atomic E-state index is 0.104. The molecule has 0 spiro atoms. The van der Waals surface area contributed by atoms with Crippen molar-refractivity contribution in [1.29, 1.82) is 0 Å². The van der Waals surface area contributed by atoms with Gasteiger partial charge in [-0.1, -0.05) is 6.07 Å². The van der Waals surface area contributed by atoms with Gasteiger partial charge in [-0.15, -0.1) is 0 Å². The van der Waals surface area contributed by atoms with Crippen LogP contribution in [-0.4, -0.2) is 40.8 Å². The van der Waals surface area contributed by atoms with Crippen LogP contribution in [0.15, 0.2) is 18.2 Å². The van der Waals surface area contributed by atoms with Crippen molar-refractivity contribution in [3.63, 3.8) is 0 Å². The van der Waals surface area contributed by atoms with Crippen molar-refractivity contribution >= 4 is 0 Å². The largest absolute Gasteiger partial charge is 0.508 e. The number of phenols is 2. The Morgan fingerprint density at radius 2 is 2.18 bits per heavy atom. The molecule has 4 nitrogen and oxygen atoms in total. The van der Waals surface area contributed by atoms with E-state index in [-0.39, 0.29) is 17.5 Å². The number of nitrogens with one attached hydrogen (secondary N) is 1. The van der Waals surface area contributed by atoms with E-state index in [1.54, 1.807) is 12.1 Å². The fourth-order valence-electron chi connectivity index (χ4n) is 2.40. The molecule has 4 heteroatoms. The lowest BCUT2D eigenvalue weighted by molar-refractivity contribution is 0.156. The van der Waals surface area contributed by atoms with Crippen LogP contribution in [0.5, 0.6) is 11.5 Å². The summed E-state index contributed by atoms with van der Waals surface area (Å²) in [4.78, 5) is 2.34. The molecule has 1 aromatic carbocycles. The lowest BCUT2D eigenvalue weighted by atomic mass is 10.0. The quantitative estimate of drug-likeness (QED) is 0.727. The Kier molecular flexibility index (Phi) is 3.54. The normalized spacial score (nSPS) is 23.5. The van der Waals surface area contributed by atoms with Gasteiger partial charge in [-0.2, -0.15) is 0 Å². The number of hydrogen-bond donors (Lipinski definition) is 3. The maximum atomic E-state index is 9.86. The van der Waals surface area contributed by atoms with E-state index in [2.05, 4.69) is 24.1 Å². The van der Waals surface area contributed by atoms with Crippen LogP contribution in [0.2, 0.25) is 0 Å². The summed E-state index contributed by atoms with van der Waals surface area (Å²) in [5.74, 6) is 0.274. The van der Waals surface area contributed by atoms with Gasteiger partial charge in [-0.05, 0) is 19.9 Å². The van der Waals surface area contributed by atoms with Gasteiger partial charge in [0.15, 0.2) is 0 Å². The Morgan fingerprint density at radius 1 is 1.41 bits per heavy atom. The number of hydrogen-bond acceptors (Lipinski definition) is 4. The van der Waals surface area contributed by atoms with Gasteiger partial charge in [0.25, 0.3) is 0 Å². The molecule has 0 radical (unpaired) electrons. The average Bonchev–Trinajstić information content (AvgIpc) is 2.28. The predicted octanol–water partition coefficient (Wildman–Crippen LogP) is 1.45. The summed E-state index contributed by atoms with van der Waals surface area (Å²) in [7, 11) is 0. The number of rotatable bonds is 2. The van der Waals surface area contributed by atoms with Crippen LogP contribution in [0.1, 0.15) is 25.5 Å². The molecule has 1 heterocycles. The highest BCUT2D eigenvalue weighted by atomic mass is 16.3. The van der Waals surface area contributed by atoms with Crippen molar-refractivity contribution in [2.45, 2.75) is 25.9 Å². The summed E-state index contributed by atoms with van der Waals surface area (Å²) in [5, 5.41) is 22.5. The monoisotopic (exact) mass is 236 g/mol. The lowest BCUT2D eigenvalue weighted by Gasteiger charge is -2.36. The first-order chi connectivity index (χ1) is 8.08. The van der Waals surface area contributed by atoms with E-state index >= 15 is 0 Å². The first kappa shape index (κ1) is 12.2. The Labute approximate surface area is 102 Å². The minimum Gasteiger partial charge on any atom is -0.508 e. The van der Waals surface area contributed by atoms with Crippen LogP contribution < -0.4 is 5.32 Å². The number of nitrogens with zero attached hydrogens (tertiary/aromatic N) is 1. The van der Waals surface area contributed by atoms with Crippen LogP contribution in [0, 0.1) is 0 Å². The van der Waals surface area contributed by atoms with Gasteiger partial charge in [-0.3, -0.25) is 4.90 Å². The van der Waals surface area contributed by atoms with Gasteiger partial charge < -0.3 is 15.5 Å². The zero-order valence-electron chi connectivity index (χ0n) is 10.3. The molecular weight excluding hydrogens is 216 g/mol. The second kappa shape index (κ2) is 4.94. The third-order valence-electron chi connectivity index (χ3n) is 3.41. The SMILES string of the molecule is CC1CN(C(C)c2ccc(O)cc2O)CCN1. The molecule has 0 aromatic heterocycles. The first-order valence-corrected chi connectivity index (χ1v) is 6.07. The van der Waals surface area contributed by atoms with E-state index in [1.807, 2.05) is 0 Å². The standard InChI is InChI=1S/C13H20N2O2/c1-9-8-15(6-5-14-9)10(2)12-4-3-11(16)7-13(12)17/h3-4,7,9-10,14,16-17H,5-6,8H2,1-2H3. The fourth-order valence-corrected chi connectivity index (χ4v) is 2.40. The lowest BCUT2D eigenvalue weighted by Crippen LogP contribution is -2.49. The van der Waals surface area contributed by atoms with Crippen LogP contribution in [0.25, 0.3) is 0 Å². The molecule has 0 bridgehead atoms. The molecule has 3 N–H and O–H groups in total. The number of benzene rings is 1. The van der Waals surface area contributed by atoms with Crippen molar-refractivity contribution in [1.82, 2.24) is 10.2 Å². The maximum absolute atomic E-state index is 9.86. The third-order valence-corrected chi connectivity index (χ3v) is 3.41. The Morgan fingerprint density at radius 3 is 2.82 bits per heavy atom. The maximum Gasteiger partial charge on any atom is 0.124 e. The van der Waals surface area contributed by atoms with E-state index in [0.29, 0.717) is 6.04 Å². The molecular formula is C13H20N2O2. The van der Waals surface area contributed by atoms with Crippen LogP contribution in [0.4, 0.5) is 0 Å². The molecule has 1 saturated heterocycles. The van der Waals surface area contributed by atoms with E-state index in [1.165, 1.54) is 6.07 Å². The van der Waals surface area contributed by atoms with Crippen molar-refractivity contribution < 1.29 is 10.2 Å². The molecule has 94 valence electrons. The van der Waals surface area contributed by atoms with Gasteiger partial charge in [0.2, 0.25) is 0 Å². The highest BCUT2D eigenvalue weighted by Crippen LogP contribution is 2.31. The van der Waals surface area contributed by atoms with E-state index < -0.39 is 0 Å². The Bertz CT molecular complexity index is 395. The molecule has 17 heavy (non-hydrogen) atoms. The summed E-state index contributed by atoms with van der Waals surface area (Å²) in [6, 6.07) is 5.46. The fraction of sp³-hybridized carbons (Fsp3) is 0.538. The predicted molar refractivity (Wildman–Crippen MR) is 67.2 cm³/mol. The van der Waals surface area contributed by atoms with Gasteiger partial charge in [0, 0.05) is 43.3 Å². The van der Waals surface area contributed by atoms with Gasteiger partial charge in [-0.25, -0.2) is 0 Å². The molecule has 2 atom stereocenters. The molecule has 1 aromatic rings. The second-order valence-corrected chi connectivity index (χ2v) is 4.77. The topological polar surface area (TPSA) is 55.7 Å². The summed E-state index contributed by atoms with van der Waals surface area (Å²) in [6.07, 6.45) is 0. The smallest absolute Gasteiger partial charge is 0.124 e. The third kappa shape index (κ3) is 2.70. The number of aromatic hydroxyl groups is 2. The molecule has 2 rings (SSSR count). The Balaban J connectivity index is 2.15. The van der Waals surface area contributed by atoms with Crippen molar-refractivity contribution in [2.24, 2.45) is 0 Å². The molecule has 2 unspecified atom stereocenters. The molecule has 1 aliphatic rings. The van der Waals surface area contributed by atoms with Crippen LogP contribution in [0.3, 0.4) is 0 Å². The Hall–Kier alpha value is -1.26. The molecule has 1 aliphatic heterocycles. The minimum atomic E-state index is 0.104. The van der Waals surface area contributed by atoms with Gasteiger partial charge in [0.1, 0.15) is 11.5 Å². The highest BCUT2D eigenvalue weighted by Gasteiger charge is 2.23. The molecule has 0 saturated carbocycles. The summed E-state index contributed by atoms with van der Waals surface area (Å²) in [6.45, 7) is 7.18. The van der Waals surface area contributed by atoms with Gasteiger partial charge >= 0.3 is 0 Å². The molecule has 0 aliphatic carbocycles. The summed E-state index contributed by atoms with van der Waals surface area (Å²) < 4.78 is 0. The molecule has 0 amide bonds. The molecule has 1 fully saturated rings. The number of phenolic OH excluding ortho intramolecular Hbond substituents is 2. The summed E-state index contributed by atoms with van der Waals surface area (Å²) >= 11 is 0. The number of piperazine rings is 1. The van der Waals surface area contributed by atoms with E-state index in [0.717, 1.165) is 25.2 Å². The van der Waals surface area contributed by atoms with Crippen molar-refractivity contribution in [2.75, 3.05) is 19.6 Å². The highest BCUT2D eigenvalue weighted by molar-refractivity contribution is 5.40. The average molecular weight is 236 g/mol. The van der Waals surface area contributed by atoms with Crippen molar-refractivity contribution in [3.05, 3.63) is 23.8 Å². The van der Waals surface area contributed by atoms with Crippen molar-refractivity contribution in [3.8, 4) is 11.5 Å². The van der Waals surface area contributed by atoms with Crippen LogP contribution >= 0.6 is 0 Å². The second-order valence-electron chi connectivity index (χ2n) is 4.77. The van der Waals surface area contributed by atoms with Gasteiger partial charge in [0.05, 0.1) is 0 Å². The van der Waals surface area contributed by atoms with E-state index in [9.17, 15) is 10.2 Å². The first-order valence-electron chi connectivity index (χ1n) is 6.07. The summed E-state index contributed by atoms with van der Waals surface area (Å²) in [5.41, 5.74) is 0.872. The zero-order valence-corrected chi connectivity index (χ0v) is 10.3.